The van der Waals surface area contributed by atoms with E-state index in [0.29, 0.717) is 26.1 Å². The number of hydrogen-bond acceptors (Lipinski definition) is 3. The molecule has 0 aromatic heterocycles. The molecule has 0 bridgehead atoms. The van der Waals surface area contributed by atoms with Gasteiger partial charge in [-0.15, -0.1) is 0 Å². The van der Waals surface area contributed by atoms with Crippen LogP contribution in [0.1, 0.15) is 34.6 Å². The number of alkyl carbamates (subject to hydrolysis) is 1. The number of carbonyl (C=O) groups excluding carboxylic acids is 1. The average Bonchev–Trinajstić information content (AvgIpc) is 3.12. The Morgan fingerprint density at radius 3 is 2.39 bits per heavy atom. The van der Waals surface area contributed by atoms with E-state index in [1.807, 2.05) is 36.4 Å². The molecule has 0 fully saturated rings. The Labute approximate surface area is 183 Å². The minimum Gasteiger partial charge on any atom is -0.449 e. The van der Waals surface area contributed by atoms with Crippen molar-refractivity contribution < 1.29 is 9.53 Å². The molecule has 3 aromatic rings. The van der Waals surface area contributed by atoms with Gasteiger partial charge in [0.25, 0.3) is 0 Å². The lowest BCUT2D eigenvalue weighted by molar-refractivity contribution is 0.143. The summed E-state index contributed by atoms with van der Waals surface area (Å²) in [5.41, 5.74) is 12.6. The third-order valence-electron chi connectivity index (χ3n) is 5.46. The highest BCUT2D eigenvalue weighted by atomic mass is 16.5. The van der Waals surface area contributed by atoms with Gasteiger partial charge in [0, 0.05) is 24.4 Å². The fourth-order valence-corrected chi connectivity index (χ4v) is 4.01. The van der Waals surface area contributed by atoms with Crippen LogP contribution in [-0.4, -0.2) is 25.8 Å². The molecule has 0 aliphatic heterocycles. The maximum atomic E-state index is 12.2. The third-order valence-corrected chi connectivity index (χ3v) is 5.46. The zero-order chi connectivity index (χ0) is 21.5. The Morgan fingerprint density at radius 1 is 0.968 bits per heavy atom. The predicted octanol–water partition coefficient (Wildman–Crippen LogP) is 4.47. The number of rotatable bonds is 6. The summed E-state index contributed by atoms with van der Waals surface area (Å²) in [6.45, 7) is 1.40. The first-order valence-electron chi connectivity index (χ1n) is 10.6. The van der Waals surface area contributed by atoms with Crippen LogP contribution in [0.4, 0.5) is 4.79 Å². The summed E-state index contributed by atoms with van der Waals surface area (Å²) < 4.78 is 5.54. The second-order valence-electron chi connectivity index (χ2n) is 7.54. The van der Waals surface area contributed by atoms with Gasteiger partial charge in [-0.2, -0.15) is 0 Å². The largest absolute Gasteiger partial charge is 0.449 e. The molecular weight excluding hydrogens is 384 g/mol. The van der Waals surface area contributed by atoms with E-state index in [1.165, 1.54) is 27.8 Å². The summed E-state index contributed by atoms with van der Waals surface area (Å²) in [7, 11) is 0. The Morgan fingerprint density at radius 2 is 1.68 bits per heavy atom. The van der Waals surface area contributed by atoms with Crippen LogP contribution in [0.25, 0.3) is 11.1 Å². The van der Waals surface area contributed by atoms with E-state index in [-0.39, 0.29) is 5.92 Å². The van der Waals surface area contributed by atoms with Gasteiger partial charge in [-0.05, 0) is 52.9 Å². The minimum absolute atomic E-state index is 0.0683. The number of hydrogen-bond donors (Lipinski definition) is 2. The minimum atomic E-state index is -0.409. The summed E-state index contributed by atoms with van der Waals surface area (Å²) in [4.78, 5) is 12.2. The number of carbonyl (C=O) groups is 1. The van der Waals surface area contributed by atoms with E-state index in [4.69, 9.17) is 10.5 Å². The standard InChI is InChI=1S/C27H26N2O2/c28-16-15-21-10-7-9-20(18-21)8-5-6-17-29-27(30)31-19-26-24-13-3-1-11-22(24)23-12-2-4-14-25(23)26/h1-4,7,9-14,18,26H,6,15-17,19,28H2,(H,29,30). The maximum absolute atomic E-state index is 12.2. The molecule has 0 radical (unpaired) electrons. The first kappa shape index (κ1) is 20.7. The van der Waals surface area contributed by atoms with Crippen molar-refractivity contribution in [2.45, 2.75) is 18.8 Å². The van der Waals surface area contributed by atoms with Crippen LogP contribution in [0.5, 0.6) is 0 Å². The molecule has 0 unspecified atom stereocenters. The van der Waals surface area contributed by atoms with Crippen LogP contribution in [-0.2, 0) is 11.2 Å². The molecule has 4 nitrogen and oxygen atoms in total. The van der Waals surface area contributed by atoms with Gasteiger partial charge in [0.1, 0.15) is 6.61 Å². The quantitative estimate of drug-likeness (QED) is 0.466. The average molecular weight is 411 g/mol. The van der Waals surface area contributed by atoms with Crippen LogP contribution in [0, 0.1) is 11.8 Å². The van der Waals surface area contributed by atoms with Crippen LogP contribution < -0.4 is 11.1 Å². The number of amides is 1. The summed E-state index contributed by atoms with van der Waals surface area (Å²) in [5.74, 6) is 6.30. The SMILES string of the molecule is NCCc1cccc(C#CCCNC(=O)OCC2c3ccccc3-c3ccccc32)c1. The lowest BCUT2D eigenvalue weighted by Crippen LogP contribution is -2.26. The van der Waals surface area contributed by atoms with Crippen LogP contribution >= 0.6 is 0 Å². The zero-order valence-corrected chi connectivity index (χ0v) is 17.4. The van der Waals surface area contributed by atoms with Crippen molar-refractivity contribution in [1.29, 1.82) is 0 Å². The van der Waals surface area contributed by atoms with Crippen molar-refractivity contribution in [3.63, 3.8) is 0 Å². The highest BCUT2D eigenvalue weighted by Crippen LogP contribution is 2.44. The lowest BCUT2D eigenvalue weighted by atomic mass is 9.98. The summed E-state index contributed by atoms with van der Waals surface area (Å²) >= 11 is 0. The molecule has 4 heteroatoms. The van der Waals surface area contributed by atoms with Crippen molar-refractivity contribution in [2.24, 2.45) is 5.73 Å². The molecule has 1 aliphatic rings. The van der Waals surface area contributed by atoms with Crippen LogP contribution in [0.15, 0.2) is 72.8 Å². The maximum Gasteiger partial charge on any atom is 0.407 e. The van der Waals surface area contributed by atoms with E-state index < -0.39 is 6.09 Å². The second kappa shape index (κ2) is 9.97. The molecule has 156 valence electrons. The Hall–Kier alpha value is -3.55. The predicted molar refractivity (Wildman–Crippen MR) is 124 cm³/mol. The van der Waals surface area contributed by atoms with Gasteiger partial charge in [-0.3, -0.25) is 0 Å². The number of nitrogens with one attached hydrogen (secondary N) is 1. The highest BCUT2D eigenvalue weighted by Gasteiger charge is 2.28. The van der Waals surface area contributed by atoms with Gasteiger partial charge >= 0.3 is 6.09 Å². The number of fused-ring (bicyclic) bond motifs is 3. The summed E-state index contributed by atoms with van der Waals surface area (Å²) in [6, 6.07) is 24.7. The molecule has 0 atom stereocenters. The van der Waals surface area contributed by atoms with Crippen molar-refractivity contribution in [3.8, 4) is 23.0 Å². The molecule has 0 heterocycles. The van der Waals surface area contributed by atoms with Gasteiger partial charge in [-0.1, -0.05) is 72.5 Å². The van der Waals surface area contributed by atoms with Crippen molar-refractivity contribution in [3.05, 3.63) is 95.1 Å². The molecule has 3 N–H and O–H groups in total. The molecule has 0 saturated heterocycles. The smallest absolute Gasteiger partial charge is 0.407 e. The summed E-state index contributed by atoms with van der Waals surface area (Å²) in [6.07, 6.45) is 0.998. The topological polar surface area (TPSA) is 64.3 Å². The monoisotopic (exact) mass is 410 g/mol. The van der Waals surface area contributed by atoms with E-state index in [2.05, 4.69) is 53.6 Å². The molecule has 1 amide bonds. The zero-order valence-electron chi connectivity index (χ0n) is 17.4. The van der Waals surface area contributed by atoms with Gasteiger partial charge < -0.3 is 15.8 Å². The third kappa shape index (κ3) is 4.96. The first-order valence-corrected chi connectivity index (χ1v) is 10.6. The van der Waals surface area contributed by atoms with E-state index in [0.717, 1.165) is 12.0 Å². The summed E-state index contributed by atoms with van der Waals surface area (Å²) in [5, 5.41) is 2.79. The van der Waals surface area contributed by atoms with E-state index >= 15 is 0 Å². The van der Waals surface area contributed by atoms with E-state index in [9.17, 15) is 4.79 Å². The highest BCUT2D eigenvalue weighted by molar-refractivity contribution is 5.79. The number of nitrogens with two attached hydrogens (primary N) is 1. The molecular formula is C27H26N2O2. The van der Waals surface area contributed by atoms with Crippen LogP contribution in [0.3, 0.4) is 0 Å². The fraction of sp³-hybridized carbons (Fsp3) is 0.222. The van der Waals surface area contributed by atoms with Gasteiger partial charge in [-0.25, -0.2) is 4.79 Å². The fourth-order valence-electron chi connectivity index (χ4n) is 4.01. The number of ether oxygens (including phenoxy) is 1. The normalized spacial score (nSPS) is 11.8. The van der Waals surface area contributed by atoms with Gasteiger partial charge in [0.2, 0.25) is 0 Å². The van der Waals surface area contributed by atoms with Crippen molar-refractivity contribution in [2.75, 3.05) is 19.7 Å². The Kier molecular flexibility index (Phi) is 6.66. The molecule has 1 aliphatic carbocycles. The van der Waals surface area contributed by atoms with Crippen LogP contribution in [0.2, 0.25) is 0 Å². The molecule has 3 aromatic carbocycles. The first-order chi connectivity index (χ1) is 15.3. The molecule has 4 rings (SSSR count). The van der Waals surface area contributed by atoms with E-state index in [1.54, 1.807) is 0 Å². The Bertz CT molecular complexity index is 1080. The molecule has 0 spiro atoms. The molecule has 0 saturated carbocycles. The second-order valence-corrected chi connectivity index (χ2v) is 7.54. The Balaban J connectivity index is 1.27. The molecule has 31 heavy (non-hydrogen) atoms. The van der Waals surface area contributed by atoms with Crippen molar-refractivity contribution in [1.82, 2.24) is 5.32 Å². The number of benzene rings is 3. The van der Waals surface area contributed by atoms with Gasteiger partial charge in [0.05, 0.1) is 0 Å². The van der Waals surface area contributed by atoms with Gasteiger partial charge in [0.15, 0.2) is 0 Å². The van der Waals surface area contributed by atoms with Crippen molar-refractivity contribution >= 4 is 6.09 Å². The lowest BCUT2D eigenvalue weighted by Gasteiger charge is -2.14.